The Morgan fingerprint density at radius 1 is 0.816 bits per heavy atom. The lowest BCUT2D eigenvalue weighted by atomic mass is 10.3. The molecule has 2 amide bonds. The molecule has 0 aromatic carbocycles. The van der Waals surface area contributed by atoms with Gasteiger partial charge in [-0.25, -0.2) is 24.5 Å². The zero-order valence-electron chi connectivity index (χ0n) is 19.3. The van der Waals surface area contributed by atoms with Crippen LogP contribution in [0.25, 0.3) is 0 Å². The number of hydrogen-bond acceptors (Lipinski definition) is 17. The molecule has 0 spiro atoms. The van der Waals surface area contributed by atoms with Gasteiger partial charge in [0.25, 0.3) is 0 Å². The van der Waals surface area contributed by atoms with Crippen molar-refractivity contribution in [1.82, 2.24) is 15.0 Å². The number of amides is 2. The van der Waals surface area contributed by atoms with Gasteiger partial charge < -0.3 is 25.5 Å². The van der Waals surface area contributed by atoms with Gasteiger partial charge in [-0.2, -0.15) is 0 Å². The van der Waals surface area contributed by atoms with Crippen LogP contribution in [-0.4, -0.2) is 41.4 Å². The fraction of sp³-hybridized carbons (Fsp3) is 0.267. The highest BCUT2D eigenvalue weighted by molar-refractivity contribution is 8.93. The summed E-state index contributed by atoms with van der Waals surface area (Å²) in [7, 11) is 0.684. The third kappa shape index (κ3) is 11.1. The number of carbonyl (C=O) groups is 2. The molecule has 2 aromatic heterocycles. The van der Waals surface area contributed by atoms with Crippen LogP contribution in [0.2, 0.25) is 0 Å². The van der Waals surface area contributed by atoms with Gasteiger partial charge in [0.05, 0.1) is 14.2 Å². The normalized spacial score (nSPS) is 11.4. The van der Waals surface area contributed by atoms with E-state index in [2.05, 4.69) is 58.4 Å². The van der Waals surface area contributed by atoms with Crippen molar-refractivity contribution < 1.29 is 19.1 Å². The van der Waals surface area contributed by atoms with Crippen molar-refractivity contribution in [3.63, 3.8) is 0 Å². The molecule has 0 atom stereocenters. The van der Waals surface area contributed by atoms with Crippen molar-refractivity contribution in [2.45, 2.75) is 33.6 Å². The molecule has 0 fully saturated rings. The smallest absolute Gasteiger partial charge is 0.413 e. The first kappa shape index (κ1) is 36.7. The number of methoxy groups -OCH3 is 2. The number of anilines is 2. The Hall–Kier alpha value is 0.630. The molecule has 2 heterocycles. The van der Waals surface area contributed by atoms with Crippen molar-refractivity contribution in [3.05, 3.63) is 17.5 Å². The number of pyridine rings is 1. The summed E-state index contributed by atoms with van der Waals surface area (Å²) in [4.78, 5) is 36.6. The molecule has 212 valence electrons. The summed E-state index contributed by atoms with van der Waals surface area (Å²) in [5.41, 5.74) is 1.13. The molecule has 0 aliphatic heterocycles. The third-order valence-corrected chi connectivity index (χ3v) is 12.5. The summed E-state index contributed by atoms with van der Waals surface area (Å²) in [6, 6.07) is 1.57. The summed E-state index contributed by atoms with van der Waals surface area (Å²) in [6.07, 6.45) is -5.76. The lowest BCUT2D eigenvalue weighted by molar-refractivity contribution is 0.186. The number of nitrogens with zero attached hydrogens (tertiary/aromatic N) is 3. The molecule has 2 N–H and O–H groups in total. The first-order valence-corrected chi connectivity index (χ1v) is 24.3. The topological polar surface area (TPSA) is 115 Å². The summed E-state index contributed by atoms with van der Waals surface area (Å²) >= 11 is 49.6. The largest absolute Gasteiger partial charge is 0.453 e. The highest BCUT2D eigenvalue weighted by Crippen LogP contribution is 2.27. The van der Waals surface area contributed by atoms with Gasteiger partial charge in [-0.3, -0.25) is 55.4 Å². The van der Waals surface area contributed by atoms with Crippen LogP contribution in [0.4, 0.5) is 21.4 Å². The number of hydrogen-bond donors (Lipinski definition) is 4. The van der Waals surface area contributed by atoms with E-state index in [0.717, 1.165) is 0 Å². The number of aryl methyl sites for hydroxylation is 2. The summed E-state index contributed by atoms with van der Waals surface area (Å²) in [5, 5.41) is 5.15. The van der Waals surface area contributed by atoms with Gasteiger partial charge in [0.1, 0.15) is 10.8 Å². The Labute approximate surface area is 271 Å². The van der Waals surface area contributed by atoms with Crippen molar-refractivity contribution in [3.8, 4) is 0 Å². The zero-order chi connectivity index (χ0) is 29.6. The molecule has 38 heavy (non-hydrogen) atoms. The highest BCUT2D eigenvalue weighted by Gasteiger charge is 2.13. The molecular formula is C15H17N5O4S14-2. The maximum absolute atomic E-state index is 11.2. The number of rotatable bonds is 6. The molecule has 9 nitrogen and oxygen atoms in total. The van der Waals surface area contributed by atoms with Crippen molar-refractivity contribution in [1.29, 1.82) is 0 Å². The van der Waals surface area contributed by atoms with E-state index in [0.29, 0.717) is 36.9 Å². The minimum absolute atomic E-state index is 0.0409. The number of aromatic nitrogens is 3. The van der Waals surface area contributed by atoms with E-state index in [-0.39, 0.29) is 5.95 Å². The van der Waals surface area contributed by atoms with E-state index in [9.17, 15) is 9.59 Å². The molecule has 0 saturated carbocycles. The van der Waals surface area contributed by atoms with E-state index < -0.39 is 40.6 Å². The molecule has 0 unspecified atom stereocenters. The van der Waals surface area contributed by atoms with Crippen molar-refractivity contribution >= 4 is 165 Å². The van der Waals surface area contributed by atoms with Gasteiger partial charge in [0, 0.05) is 22.5 Å². The van der Waals surface area contributed by atoms with Crippen LogP contribution in [0, 0.1) is 13.8 Å². The van der Waals surface area contributed by atoms with Gasteiger partial charge in [0.2, 0.25) is 5.95 Å². The van der Waals surface area contributed by atoms with Crippen molar-refractivity contribution in [2.24, 2.45) is 0 Å². The maximum atomic E-state index is 11.2. The number of ether oxygens (including phenoxy) is 2. The molecule has 0 radical (unpaired) electrons. The second-order valence-electron chi connectivity index (χ2n) is 6.34. The molecule has 0 bridgehead atoms. The third-order valence-electron chi connectivity index (χ3n) is 3.78. The fourth-order valence-electron chi connectivity index (χ4n) is 2.35. The molecular weight excluding hydrogens is 763 g/mol. The monoisotopic (exact) mass is 779 g/mol. The first-order chi connectivity index (χ1) is 17.3. The Bertz CT molecular complexity index is 1490. The molecule has 0 aliphatic carbocycles. The maximum Gasteiger partial charge on any atom is 0.413 e. The average Bonchev–Trinajstić information content (AvgIpc) is 2.76. The van der Waals surface area contributed by atoms with Crippen LogP contribution in [0.1, 0.15) is 11.4 Å². The second-order valence-corrected chi connectivity index (χ2v) is 29.6. The number of carbonyl (C=O) groups excluding carboxylic acids is 2. The minimum Gasteiger partial charge on any atom is -0.453 e. The highest BCUT2D eigenvalue weighted by atomic mass is 33.5. The standard InChI is InChI=1S/C8H9N2O2S7.C7H8N3O2S7/c1-4-7(18(13)14)5(19(15,16)17)3-6(9-4)10-8(11)12-2;1-3-4(18(13)14)5(19(15,16)17)9-6(8-3)10-7(11)12-2/h3H,1-2H3,(H,9,10,11)(H,15,16,17);1-2H3,(H,15,16,17)(H,8,9,10,11)/q2*-1. The quantitative estimate of drug-likeness (QED) is 0.149. The van der Waals surface area contributed by atoms with E-state index in [1.165, 1.54) is 14.2 Å². The number of thiol groups is 2. The molecule has 2 rings (SSSR count). The van der Waals surface area contributed by atoms with E-state index >= 15 is 0 Å². The second kappa shape index (κ2) is 15.7. The molecule has 23 heteroatoms. The van der Waals surface area contributed by atoms with E-state index in [1.807, 2.05) is 0 Å². The van der Waals surface area contributed by atoms with Crippen LogP contribution in [0.15, 0.2) is 25.8 Å². The molecule has 0 aliphatic rings. The van der Waals surface area contributed by atoms with Gasteiger partial charge in [0.15, 0.2) is 0 Å². The van der Waals surface area contributed by atoms with Gasteiger partial charge >= 0.3 is 12.2 Å². The Balaban J connectivity index is 0.000000380. The van der Waals surface area contributed by atoms with Crippen LogP contribution < -0.4 is 10.6 Å². The first-order valence-electron chi connectivity index (χ1n) is 9.07. The van der Waals surface area contributed by atoms with Crippen molar-refractivity contribution in [2.75, 3.05) is 24.9 Å². The molecule has 0 saturated heterocycles. The Kier molecular flexibility index (Phi) is 15.2. The van der Waals surface area contributed by atoms with E-state index in [1.54, 1.807) is 19.9 Å². The summed E-state index contributed by atoms with van der Waals surface area (Å²) in [6.45, 7) is 3.44. The lowest BCUT2D eigenvalue weighted by Crippen LogP contribution is -2.16. The lowest BCUT2D eigenvalue weighted by Gasteiger charge is -2.18. The van der Waals surface area contributed by atoms with E-state index in [4.69, 9.17) is 89.5 Å². The summed E-state index contributed by atoms with van der Waals surface area (Å²) < 4.78 is 8.97. The van der Waals surface area contributed by atoms with Crippen LogP contribution in [-0.2, 0) is 127 Å². The average molecular weight is 780 g/mol. The van der Waals surface area contributed by atoms with Crippen LogP contribution in [0.5, 0.6) is 0 Å². The molecule has 2 aromatic rings. The fourth-order valence-corrected chi connectivity index (χ4v) is 12.2. The van der Waals surface area contributed by atoms with Gasteiger partial charge in [-0.05, 0) is 70.8 Å². The SMILES string of the molecule is COC(=O)Nc1cc(S(=S)(=S)S)c([S-](=S)=S)c(C)n1.COC(=O)Nc1nc(C)c([S-](=S)=S)c(S(=S)(=S)S)n1. The predicted molar refractivity (Wildman–Crippen MR) is 187 cm³/mol. The number of nitrogens with one attached hydrogen (secondary N) is 2. The van der Waals surface area contributed by atoms with Gasteiger partial charge in [-0.1, -0.05) is 33.1 Å². The van der Waals surface area contributed by atoms with Crippen LogP contribution >= 0.6 is 23.3 Å². The summed E-state index contributed by atoms with van der Waals surface area (Å²) in [5.74, 6) is 0.332. The Morgan fingerprint density at radius 2 is 1.29 bits per heavy atom. The zero-order valence-corrected chi connectivity index (χ0v) is 30.9. The Morgan fingerprint density at radius 3 is 1.71 bits per heavy atom. The van der Waals surface area contributed by atoms with Gasteiger partial charge in [-0.15, -0.1) is 0 Å². The predicted octanol–water partition coefficient (Wildman–Crippen LogP) is 2.90. The minimum atomic E-state index is -2.27. The van der Waals surface area contributed by atoms with Crippen LogP contribution in [0.3, 0.4) is 0 Å².